The number of anilines is 3. The van der Waals surface area contributed by atoms with Crippen molar-refractivity contribution in [1.29, 1.82) is 0 Å². The standard InChI is InChI=1S/C19H17BrN6/c1-25(14-10-6-3-7-11-14)19-23-16(21)15-17(24-19)26(18(20)22-15)12-13-8-4-2-5-9-13/h2-11H,12H2,1H3,(H2,21,23,24). The number of hydrogen-bond acceptors (Lipinski definition) is 5. The van der Waals surface area contributed by atoms with E-state index in [1.807, 2.05) is 65.0 Å². The molecule has 0 aliphatic carbocycles. The molecular weight excluding hydrogens is 392 g/mol. The van der Waals surface area contributed by atoms with Gasteiger partial charge in [0.15, 0.2) is 21.7 Å². The molecule has 7 heteroatoms. The average molecular weight is 409 g/mol. The molecule has 0 atom stereocenters. The van der Waals surface area contributed by atoms with Crippen molar-refractivity contribution in [2.75, 3.05) is 17.7 Å². The molecule has 2 N–H and O–H groups in total. The van der Waals surface area contributed by atoms with Gasteiger partial charge >= 0.3 is 0 Å². The topological polar surface area (TPSA) is 72.9 Å². The monoisotopic (exact) mass is 408 g/mol. The Kier molecular flexibility index (Phi) is 4.30. The van der Waals surface area contributed by atoms with Gasteiger partial charge in [0, 0.05) is 12.7 Å². The zero-order valence-corrected chi connectivity index (χ0v) is 15.8. The van der Waals surface area contributed by atoms with E-state index in [4.69, 9.17) is 10.7 Å². The molecule has 0 amide bonds. The van der Waals surface area contributed by atoms with Crippen LogP contribution < -0.4 is 10.6 Å². The van der Waals surface area contributed by atoms with E-state index in [0.717, 1.165) is 11.3 Å². The molecule has 6 nitrogen and oxygen atoms in total. The van der Waals surface area contributed by atoms with E-state index in [0.29, 0.717) is 34.2 Å². The number of hydrogen-bond donors (Lipinski definition) is 1. The third-order valence-electron chi connectivity index (χ3n) is 4.19. The number of rotatable bonds is 4. The van der Waals surface area contributed by atoms with Crippen molar-refractivity contribution in [2.24, 2.45) is 0 Å². The molecule has 2 aromatic heterocycles. The molecule has 0 unspecified atom stereocenters. The van der Waals surface area contributed by atoms with Crippen LogP contribution in [0, 0.1) is 0 Å². The highest BCUT2D eigenvalue weighted by atomic mass is 79.9. The Morgan fingerprint density at radius 3 is 2.31 bits per heavy atom. The summed E-state index contributed by atoms with van der Waals surface area (Å²) >= 11 is 3.52. The number of imidazole rings is 1. The van der Waals surface area contributed by atoms with Crippen LogP contribution in [0.1, 0.15) is 5.56 Å². The number of nitrogens with two attached hydrogens (primary N) is 1. The van der Waals surface area contributed by atoms with Gasteiger partial charge in [0.1, 0.15) is 0 Å². The summed E-state index contributed by atoms with van der Waals surface area (Å²) in [6.07, 6.45) is 0. The summed E-state index contributed by atoms with van der Waals surface area (Å²) in [6, 6.07) is 20.1. The van der Waals surface area contributed by atoms with Crippen molar-refractivity contribution in [1.82, 2.24) is 19.5 Å². The predicted octanol–water partition coefficient (Wildman–Crippen LogP) is 3.99. The summed E-state index contributed by atoms with van der Waals surface area (Å²) in [5.41, 5.74) is 9.61. The highest BCUT2D eigenvalue weighted by Crippen LogP contribution is 2.27. The molecule has 2 heterocycles. The summed E-state index contributed by atoms with van der Waals surface area (Å²) in [4.78, 5) is 15.6. The Morgan fingerprint density at radius 1 is 0.962 bits per heavy atom. The Balaban J connectivity index is 1.81. The summed E-state index contributed by atoms with van der Waals surface area (Å²) in [5.74, 6) is 0.892. The minimum atomic E-state index is 0.361. The third-order valence-corrected chi connectivity index (χ3v) is 4.80. The second-order valence-electron chi connectivity index (χ2n) is 5.93. The fourth-order valence-corrected chi connectivity index (χ4v) is 3.28. The van der Waals surface area contributed by atoms with E-state index in [1.165, 1.54) is 0 Å². The van der Waals surface area contributed by atoms with Gasteiger partial charge in [-0.25, -0.2) is 4.98 Å². The van der Waals surface area contributed by atoms with Crippen LogP contribution in [0.25, 0.3) is 11.2 Å². The fraction of sp³-hybridized carbons (Fsp3) is 0.105. The first-order chi connectivity index (χ1) is 12.6. The van der Waals surface area contributed by atoms with E-state index >= 15 is 0 Å². The van der Waals surface area contributed by atoms with Crippen LogP contribution in [-0.2, 0) is 6.54 Å². The number of halogens is 1. The molecule has 0 saturated heterocycles. The first-order valence-electron chi connectivity index (χ1n) is 8.15. The molecule has 0 aliphatic heterocycles. The van der Waals surface area contributed by atoms with Crippen molar-refractivity contribution in [2.45, 2.75) is 6.54 Å². The van der Waals surface area contributed by atoms with Crippen LogP contribution >= 0.6 is 15.9 Å². The number of benzene rings is 2. The molecule has 0 bridgehead atoms. The second kappa shape index (κ2) is 6.76. The van der Waals surface area contributed by atoms with Crippen LogP contribution in [0.2, 0.25) is 0 Å². The van der Waals surface area contributed by atoms with Gasteiger partial charge in [0.05, 0.1) is 6.54 Å². The summed E-state index contributed by atoms with van der Waals surface area (Å²) in [7, 11) is 1.92. The summed E-state index contributed by atoms with van der Waals surface area (Å²) < 4.78 is 2.67. The zero-order valence-electron chi connectivity index (χ0n) is 14.2. The van der Waals surface area contributed by atoms with E-state index in [2.05, 4.69) is 38.0 Å². The maximum Gasteiger partial charge on any atom is 0.233 e. The Hall–Kier alpha value is -2.93. The smallest absolute Gasteiger partial charge is 0.233 e. The van der Waals surface area contributed by atoms with Gasteiger partial charge in [0.25, 0.3) is 0 Å². The largest absolute Gasteiger partial charge is 0.382 e. The van der Waals surface area contributed by atoms with E-state index < -0.39 is 0 Å². The Labute approximate surface area is 159 Å². The molecule has 4 rings (SSSR count). The number of para-hydroxylation sites is 1. The lowest BCUT2D eigenvalue weighted by molar-refractivity contribution is 0.790. The lowest BCUT2D eigenvalue weighted by atomic mass is 10.2. The maximum atomic E-state index is 6.17. The van der Waals surface area contributed by atoms with E-state index in [-0.39, 0.29) is 0 Å². The molecule has 0 fully saturated rings. The van der Waals surface area contributed by atoms with Gasteiger partial charge in [-0.05, 0) is 33.6 Å². The van der Waals surface area contributed by atoms with Crippen molar-refractivity contribution in [3.05, 3.63) is 71.0 Å². The molecule has 4 aromatic rings. The molecular formula is C19H17BrN6. The normalized spacial score (nSPS) is 11.0. The number of aromatic nitrogens is 4. The maximum absolute atomic E-state index is 6.17. The lowest BCUT2D eigenvalue weighted by Gasteiger charge is -2.17. The van der Waals surface area contributed by atoms with Gasteiger partial charge in [0.2, 0.25) is 5.95 Å². The lowest BCUT2D eigenvalue weighted by Crippen LogP contribution is -2.14. The Bertz CT molecular complexity index is 1050. The molecule has 0 spiro atoms. The van der Waals surface area contributed by atoms with Crippen LogP contribution in [0.15, 0.2) is 65.4 Å². The quantitative estimate of drug-likeness (QED) is 0.516. The summed E-state index contributed by atoms with van der Waals surface area (Å²) in [5, 5.41) is 0. The highest BCUT2D eigenvalue weighted by molar-refractivity contribution is 9.10. The molecule has 2 aromatic carbocycles. The molecule has 0 saturated carbocycles. The fourth-order valence-electron chi connectivity index (χ4n) is 2.81. The number of nitrogens with zero attached hydrogens (tertiary/aromatic N) is 5. The van der Waals surface area contributed by atoms with Crippen LogP contribution in [0.4, 0.5) is 17.5 Å². The van der Waals surface area contributed by atoms with Crippen LogP contribution in [0.3, 0.4) is 0 Å². The molecule has 26 heavy (non-hydrogen) atoms. The van der Waals surface area contributed by atoms with Gasteiger partial charge in [-0.2, -0.15) is 9.97 Å². The average Bonchev–Trinajstić information content (AvgIpc) is 2.99. The van der Waals surface area contributed by atoms with Gasteiger partial charge in [-0.15, -0.1) is 0 Å². The van der Waals surface area contributed by atoms with Gasteiger partial charge in [-0.1, -0.05) is 48.5 Å². The SMILES string of the molecule is CN(c1ccccc1)c1nc(N)c2nc(Br)n(Cc3ccccc3)c2n1. The molecule has 0 radical (unpaired) electrons. The van der Waals surface area contributed by atoms with Crippen molar-refractivity contribution < 1.29 is 0 Å². The van der Waals surface area contributed by atoms with Gasteiger partial charge < -0.3 is 10.6 Å². The first-order valence-corrected chi connectivity index (χ1v) is 8.95. The first kappa shape index (κ1) is 16.5. The Morgan fingerprint density at radius 2 is 1.62 bits per heavy atom. The number of nitrogen functional groups attached to an aromatic ring is 1. The highest BCUT2D eigenvalue weighted by Gasteiger charge is 2.17. The molecule has 0 aliphatic rings. The summed E-state index contributed by atoms with van der Waals surface area (Å²) in [6.45, 7) is 0.642. The van der Waals surface area contributed by atoms with Crippen molar-refractivity contribution >= 4 is 44.5 Å². The van der Waals surface area contributed by atoms with Gasteiger partial charge in [-0.3, -0.25) is 4.57 Å². The van der Waals surface area contributed by atoms with Crippen molar-refractivity contribution in [3.63, 3.8) is 0 Å². The molecule has 130 valence electrons. The third kappa shape index (κ3) is 3.01. The van der Waals surface area contributed by atoms with Crippen LogP contribution in [-0.4, -0.2) is 26.6 Å². The predicted molar refractivity (Wildman–Crippen MR) is 107 cm³/mol. The van der Waals surface area contributed by atoms with E-state index in [9.17, 15) is 0 Å². The zero-order chi connectivity index (χ0) is 18.1. The van der Waals surface area contributed by atoms with E-state index in [1.54, 1.807) is 0 Å². The number of fused-ring (bicyclic) bond motifs is 1. The van der Waals surface area contributed by atoms with Crippen molar-refractivity contribution in [3.8, 4) is 0 Å². The minimum Gasteiger partial charge on any atom is -0.382 e. The second-order valence-corrected chi connectivity index (χ2v) is 6.64. The van der Waals surface area contributed by atoms with Crippen LogP contribution in [0.5, 0.6) is 0 Å². The minimum absolute atomic E-state index is 0.361.